The fourth-order valence-corrected chi connectivity index (χ4v) is 5.78. The van der Waals surface area contributed by atoms with Crippen molar-refractivity contribution >= 4 is 22.4 Å². The molecule has 0 N–H and O–H groups in total. The summed E-state index contributed by atoms with van der Waals surface area (Å²) >= 11 is 6.46. The van der Waals surface area contributed by atoms with Crippen LogP contribution in [0.5, 0.6) is 0 Å². The number of alkyl halides is 1. The second-order valence-electron chi connectivity index (χ2n) is 5.35. The predicted molar refractivity (Wildman–Crippen MR) is 71.8 cm³/mol. The quantitative estimate of drug-likeness (QED) is 0.751. The Hall–Kier alpha value is -0.340. The van der Waals surface area contributed by atoms with Crippen molar-refractivity contribution in [3.8, 4) is 0 Å². The Bertz CT molecular complexity index is 440. The molecule has 5 atom stereocenters. The second-order valence-corrected chi connectivity index (χ2v) is 7.47. The lowest BCUT2D eigenvalue weighted by atomic mass is 10.00. The third kappa shape index (κ3) is 1.96. The molecule has 0 radical (unpaired) electrons. The van der Waals surface area contributed by atoms with E-state index in [1.807, 2.05) is 24.3 Å². The maximum Gasteiger partial charge on any atom is 0.0589 e. The molecule has 0 unspecified atom stereocenters. The van der Waals surface area contributed by atoms with Gasteiger partial charge >= 0.3 is 0 Å². The van der Waals surface area contributed by atoms with Gasteiger partial charge in [-0.1, -0.05) is 17.7 Å². The summed E-state index contributed by atoms with van der Waals surface area (Å²) in [5.41, 5.74) is 1.21. The van der Waals surface area contributed by atoms with Crippen LogP contribution in [0.25, 0.3) is 0 Å². The van der Waals surface area contributed by atoms with E-state index in [0.717, 1.165) is 4.90 Å². The van der Waals surface area contributed by atoms with Gasteiger partial charge in [-0.05, 0) is 50.2 Å². The van der Waals surface area contributed by atoms with Gasteiger partial charge in [0, 0.05) is 4.90 Å². The van der Waals surface area contributed by atoms with Gasteiger partial charge in [0.2, 0.25) is 0 Å². The molecule has 0 amide bonds. The third-order valence-corrected chi connectivity index (χ3v) is 6.93. The number of rotatable bonds is 2. The molecule has 3 rings (SSSR count). The van der Waals surface area contributed by atoms with Gasteiger partial charge in [0.25, 0.3) is 0 Å². The summed E-state index contributed by atoms with van der Waals surface area (Å²) in [5.74, 6) is 1.20. The fraction of sp³-hybridized carbons (Fsp3) is 0.571. The van der Waals surface area contributed by atoms with Crippen LogP contribution in [0.15, 0.2) is 29.2 Å². The molecule has 0 spiro atoms. The van der Waals surface area contributed by atoms with Crippen molar-refractivity contribution in [2.45, 2.75) is 41.7 Å². The highest BCUT2D eigenvalue weighted by atomic mass is 35.5. The summed E-state index contributed by atoms with van der Waals surface area (Å²) in [6.07, 6.45) is 3.65. The van der Waals surface area contributed by atoms with Crippen LogP contribution in [0, 0.1) is 18.8 Å². The van der Waals surface area contributed by atoms with Crippen LogP contribution in [-0.4, -0.2) is 14.8 Å². The third-order valence-electron chi connectivity index (χ3n) is 4.24. The van der Waals surface area contributed by atoms with Crippen molar-refractivity contribution in [2.75, 3.05) is 0 Å². The Morgan fingerprint density at radius 3 is 2.41 bits per heavy atom. The summed E-state index contributed by atoms with van der Waals surface area (Å²) in [4.78, 5) is 0.943. The molecule has 0 aliphatic heterocycles. The molecule has 0 heterocycles. The molecule has 92 valence electrons. The minimum absolute atomic E-state index is 0.121. The van der Waals surface area contributed by atoms with E-state index in [1.54, 1.807) is 0 Å². The number of benzene rings is 1. The van der Waals surface area contributed by atoms with Crippen molar-refractivity contribution in [2.24, 2.45) is 11.8 Å². The zero-order valence-corrected chi connectivity index (χ0v) is 11.5. The second kappa shape index (κ2) is 4.40. The molecule has 2 aliphatic carbocycles. The van der Waals surface area contributed by atoms with Gasteiger partial charge in [-0.15, -0.1) is 11.6 Å². The van der Waals surface area contributed by atoms with Crippen LogP contribution in [0.1, 0.15) is 24.8 Å². The fourth-order valence-electron chi connectivity index (χ4n) is 3.29. The van der Waals surface area contributed by atoms with E-state index in [0.29, 0.717) is 11.8 Å². The highest BCUT2D eigenvalue weighted by Crippen LogP contribution is 2.50. The summed E-state index contributed by atoms with van der Waals surface area (Å²) in [6, 6.07) is 8.04. The first-order chi connectivity index (χ1) is 8.16. The summed E-state index contributed by atoms with van der Waals surface area (Å²) in [5, 5.41) is 0.300. The Labute approximate surface area is 110 Å². The first-order valence-corrected chi connectivity index (χ1v) is 7.93. The van der Waals surface area contributed by atoms with Crippen LogP contribution in [-0.2, 0) is 10.8 Å². The van der Waals surface area contributed by atoms with Gasteiger partial charge in [-0.25, -0.2) is 0 Å². The normalized spacial score (nSPS) is 37.3. The lowest BCUT2D eigenvalue weighted by molar-refractivity contribution is 0.488. The SMILES string of the molecule is Cc1ccc([S@](=O)[C@@H]2[C@H]3CC[C@@H](C3)[C@H]2Cl)cc1. The number of fused-ring (bicyclic) bond motifs is 2. The molecule has 2 fully saturated rings. The minimum atomic E-state index is -0.929. The highest BCUT2D eigenvalue weighted by molar-refractivity contribution is 7.85. The molecule has 2 saturated carbocycles. The van der Waals surface area contributed by atoms with Crippen LogP contribution in [0.4, 0.5) is 0 Å². The maximum atomic E-state index is 12.6. The molecule has 2 aliphatic rings. The average Bonchev–Trinajstić information content (AvgIpc) is 2.89. The molecule has 1 nitrogen and oxygen atoms in total. The van der Waals surface area contributed by atoms with Gasteiger partial charge in [0.05, 0.1) is 21.4 Å². The van der Waals surface area contributed by atoms with E-state index in [4.69, 9.17) is 11.6 Å². The molecule has 1 aromatic rings. The van der Waals surface area contributed by atoms with Crippen LogP contribution < -0.4 is 0 Å². The largest absolute Gasteiger partial charge is 0.254 e. The van der Waals surface area contributed by atoms with Gasteiger partial charge in [-0.3, -0.25) is 4.21 Å². The molecule has 0 saturated heterocycles. The summed E-state index contributed by atoms with van der Waals surface area (Å²) in [7, 11) is -0.929. The Kier molecular flexibility index (Phi) is 3.04. The molecular weight excluding hydrogens is 252 g/mol. The van der Waals surface area contributed by atoms with Crippen molar-refractivity contribution < 1.29 is 4.21 Å². The summed E-state index contributed by atoms with van der Waals surface area (Å²) < 4.78 is 12.6. The Morgan fingerprint density at radius 2 is 1.82 bits per heavy atom. The van der Waals surface area contributed by atoms with Crippen molar-refractivity contribution in [1.82, 2.24) is 0 Å². The first-order valence-electron chi connectivity index (χ1n) is 6.28. The average molecular weight is 269 g/mol. The van der Waals surface area contributed by atoms with Crippen LogP contribution >= 0.6 is 11.6 Å². The minimum Gasteiger partial charge on any atom is -0.254 e. The number of halogens is 1. The zero-order chi connectivity index (χ0) is 12.0. The molecule has 1 aromatic carbocycles. The highest BCUT2D eigenvalue weighted by Gasteiger charge is 2.49. The smallest absolute Gasteiger partial charge is 0.0589 e. The van der Waals surface area contributed by atoms with E-state index in [2.05, 4.69) is 6.92 Å². The van der Waals surface area contributed by atoms with E-state index in [1.165, 1.54) is 24.8 Å². The Balaban J connectivity index is 1.85. The monoisotopic (exact) mass is 268 g/mol. The first kappa shape index (κ1) is 11.7. The summed E-state index contributed by atoms with van der Waals surface area (Å²) in [6.45, 7) is 2.05. The molecule has 3 heteroatoms. The van der Waals surface area contributed by atoms with E-state index in [-0.39, 0.29) is 10.6 Å². The lowest BCUT2D eigenvalue weighted by Gasteiger charge is -2.25. The number of hydrogen-bond donors (Lipinski definition) is 0. The van der Waals surface area contributed by atoms with Crippen molar-refractivity contribution in [1.29, 1.82) is 0 Å². The van der Waals surface area contributed by atoms with Gasteiger partial charge < -0.3 is 0 Å². The molecular formula is C14H17ClOS. The molecule has 0 aromatic heterocycles. The van der Waals surface area contributed by atoms with Gasteiger partial charge in [-0.2, -0.15) is 0 Å². The standard InChI is InChI=1S/C14H17ClOS/c1-9-2-6-12(7-3-9)17(16)14-11-5-4-10(8-11)13(14)15/h2-3,6-7,10-11,13-14H,4-5,8H2,1H3/t10-,11-,13+,14+,17-/m0/s1. The van der Waals surface area contributed by atoms with E-state index >= 15 is 0 Å². The number of aryl methyl sites for hydroxylation is 1. The van der Waals surface area contributed by atoms with Crippen molar-refractivity contribution in [3.05, 3.63) is 29.8 Å². The zero-order valence-electron chi connectivity index (χ0n) is 9.93. The number of hydrogen-bond acceptors (Lipinski definition) is 1. The van der Waals surface area contributed by atoms with E-state index < -0.39 is 10.8 Å². The predicted octanol–water partition coefficient (Wildman–Crippen LogP) is 3.51. The van der Waals surface area contributed by atoms with Crippen molar-refractivity contribution in [3.63, 3.8) is 0 Å². The maximum absolute atomic E-state index is 12.6. The van der Waals surface area contributed by atoms with Crippen LogP contribution in [0.2, 0.25) is 0 Å². The molecule has 2 bridgehead atoms. The Morgan fingerprint density at radius 1 is 1.18 bits per heavy atom. The van der Waals surface area contributed by atoms with E-state index in [9.17, 15) is 4.21 Å². The van der Waals surface area contributed by atoms with Gasteiger partial charge in [0.1, 0.15) is 0 Å². The van der Waals surface area contributed by atoms with Gasteiger partial charge in [0.15, 0.2) is 0 Å². The molecule has 17 heavy (non-hydrogen) atoms. The lowest BCUT2D eigenvalue weighted by Crippen LogP contribution is -2.32. The van der Waals surface area contributed by atoms with Crippen LogP contribution in [0.3, 0.4) is 0 Å². The topological polar surface area (TPSA) is 17.1 Å².